The van der Waals surface area contributed by atoms with Crippen molar-refractivity contribution in [2.45, 2.75) is 19.4 Å². The van der Waals surface area contributed by atoms with Crippen LogP contribution in [-0.2, 0) is 0 Å². The molecule has 2 aromatic rings. The first-order valence-corrected chi connectivity index (χ1v) is 7.03. The number of nitrogens with zero attached hydrogens (tertiary/aromatic N) is 1. The number of halogens is 1. The van der Waals surface area contributed by atoms with Crippen LogP contribution in [0.5, 0.6) is 5.75 Å². The molecule has 4 nitrogen and oxygen atoms in total. The summed E-state index contributed by atoms with van der Waals surface area (Å²) in [7, 11) is 1.91. The van der Waals surface area contributed by atoms with Crippen molar-refractivity contribution in [3.05, 3.63) is 46.6 Å². The highest BCUT2D eigenvalue weighted by Gasteiger charge is 2.17. The van der Waals surface area contributed by atoms with Gasteiger partial charge in [-0.05, 0) is 47.1 Å². The van der Waals surface area contributed by atoms with E-state index in [0.29, 0.717) is 6.61 Å². The van der Waals surface area contributed by atoms with Crippen LogP contribution in [0.3, 0.4) is 0 Å². The molecule has 1 unspecified atom stereocenters. The third-order valence-corrected chi connectivity index (χ3v) is 3.43. The van der Waals surface area contributed by atoms with Crippen molar-refractivity contribution >= 4 is 15.9 Å². The number of hydrogen-bond donors (Lipinski definition) is 1. The Hall–Kier alpha value is -1.33. The zero-order valence-corrected chi connectivity index (χ0v) is 12.6. The summed E-state index contributed by atoms with van der Waals surface area (Å²) in [4.78, 5) is 4.24. The minimum Gasteiger partial charge on any atom is -0.492 e. The molecule has 0 fully saturated rings. The van der Waals surface area contributed by atoms with Gasteiger partial charge < -0.3 is 14.5 Å². The van der Waals surface area contributed by atoms with E-state index in [1.807, 2.05) is 25.4 Å². The average Bonchev–Trinajstić information content (AvgIpc) is 2.84. The second-order valence-corrected chi connectivity index (χ2v) is 4.89. The molecule has 0 saturated heterocycles. The van der Waals surface area contributed by atoms with E-state index in [9.17, 15) is 0 Å². The standard InChI is InChI=1S/C14H17BrN2O2/c1-3-5-18-11-7-10(8-17-9-11)13(16-2)12-4-6-19-14(12)15/h4,6-9,13,16H,3,5H2,1-2H3. The number of furan rings is 1. The van der Waals surface area contributed by atoms with Crippen molar-refractivity contribution in [1.29, 1.82) is 0 Å². The van der Waals surface area contributed by atoms with Gasteiger partial charge in [0.25, 0.3) is 0 Å². The Morgan fingerprint density at radius 1 is 1.47 bits per heavy atom. The van der Waals surface area contributed by atoms with Gasteiger partial charge in [0.1, 0.15) is 5.75 Å². The number of rotatable bonds is 6. The van der Waals surface area contributed by atoms with Crippen LogP contribution in [-0.4, -0.2) is 18.6 Å². The fourth-order valence-corrected chi connectivity index (χ4v) is 2.37. The van der Waals surface area contributed by atoms with Crippen LogP contribution >= 0.6 is 15.9 Å². The predicted molar refractivity (Wildman–Crippen MR) is 77.3 cm³/mol. The lowest BCUT2D eigenvalue weighted by Gasteiger charge is -2.16. The van der Waals surface area contributed by atoms with Gasteiger partial charge in [0.2, 0.25) is 0 Å². The van der Waals surface area contributed by atoms with Crippen LogP contribution in [0.1, 0.15) is 30.5 Å². The Kier molecular flexibility index (Phi) is 4.99. The highest BCUT2D eigenvalue weighted by Crippen LogP contribution is 2.30. The van der Waals surface area contributed by atoms with Gasteiger partial charge in [-0.15, -0.1) is 0 Å². The van der Waals surface area contributed by atoms with Crippen molar-refractivity contribution in [3.8, 4) is 5.75 Å². The molecule has 0 saturated carbocycles. The van der Waals surface area contributed by atoms with Crippen LogP contribution in [0.2, 0.25) is 0 Å². The summed E-state index contributed by atoms with van der Waals surface area (Å²) in [6.07, 6.45) is 6.21. The molecule has 0 aliphatic heterocycles. The molecule has 1 atom stereocenters. The highest BCUT2D eigenvalue weighted by atomic mass is 79.9. The SMILES string of the molecule is CCCOc1cncc(C(NC)c2ccoc2Br)c1. The largest absolute Gasteiger partial charge is 0.492 e. The second-order valence-electron chi connectivity index (χ2n) is 4.17. The van der Waals surface area contributed by atoms with Gasteiger partial charge in [0, 0.05) is 11.8 Å². The Bertz CT molecular complexity index is 528. The first kappa shape index (κ1) is 14.1. The lowest BCUT2D eigenvalue weighted by Crippen LogP contribution is -2.17. The van der Waals surface area contributed by atoms with E-state index in [4.69, 9.17) is 9.15 Å². The number of pyridine rings is 1. The summed E-state index contributed by atoms with van der Waals surface area (Å²) in [5.41, 5.74) is 2.08. The van der Waals surface area contributed by atoms with Crippen molar-refractivity contribution in [1.82, 2.24) is 10.3 Å². The molecule has 0 aliphatic carbocycles. The normalized spacial score (nSPS) is 12.4. The summed E-state index contributed by atoms with van der Waals surface area (Å²) in [5, 5.41) is 3.26. The van der Waals surface area contributed by atoms with E-state index in [0.717, 1.165) is 28.0 Å². The maximum absolute atomic E-state index is 5.61. The second kappa shape index (κ2) is 6.73. The molecule has 0 spiro atoms. The van der Waals surface area contributed by atoms with E-state index in [1.54, 1.807) is 12.5 Å². The van der Waals surface area contributed by atoms with Crippen molar-refractivity contribution in [3.63, 3.8) is 0 Å². The summed E-state index contributed by atoms with van der Waals surface area (Å²) in [6, 6.07) is 3.96. The molecule has 2 heterocycles. The zero-order valence-electron chi connectivity index (χ0n) is 11.0. The van der Waals surface area contributed by atoms with E-state index in [1.165, 1.54) is 0 Å². The number of hydrogen-bond acceptors (Lipinski definition) is 4. The Labute approximate surface area is 121 Å². The summed E-state index contributed by atoms with van der Waals surface area (Å²) in [6.45, 7) is 2.78. The van der Waals surface area contributed by atoms with Gasteiger partial charge in [0.15, 0.2) is 4.67 Å². The fourth-order valence-electron chi connectivity index (χ4n) is 1.90. The van der Waals surface area contributed by atoms with Gasteiger partial charge in [0.05, 0.1) is 25.1 Å². The van der Waals surface area contributed by atoms with Crippen LogP contribution in [0.4, 0.5) is 0 Å². The Balaban J connectivity index is 2.26. The summed E-state index contributed by atoms with van der Waals surface area (Å²) in [5.74, 6) is 0.791. The van der Waals surface area contributed by atoms with Crippen molar-refractivity contribution in [2.24, 2.45) is 0 Å². The lowest BCUT2D eigenvalue weighted by atomic mass is 10.0. The molecule has 2 rings (SSSR count). The molecular formula is C14H17BrN2O2. The number of aromatic nitrogens is 1. The Morgan fingerprint density at radius 3 is 2.95 bits per heavy atom. The monoisotopic (exact) mass is 324 g/mol. The first-order valence-electron chi connectivity index (χ1n) is 6.24. The molecule has 0 aromatic carbocycles. The van der Waals surface area contributed by atoms with Gasteiger partial charge in [-0.3, -0.25) is 4.98 Å². The van der Waals surface area contributed by atoms with E-state index < -0.39 is 0 Å². The molecule has 0 bridgehead atoms. The molecule has 19 heavy (non-hydrogen) atoms. The minimum absolute atomic E-state index is 0.0193. The van der Waals surface area contributed by atoms with Gasteiger partial charge in [-0.25, -0.2) is 0 Å². The molecule has 102 valence electrons. The van der Waals surface area contributed by atoms with Gasteiger partial charge >= 0.3 is 0 Å². The maximum atomic E-state index is 5.61. The van der Waals surface area contributed by atoms with E-state index in [2.05, 4.69) is 33.2 Å². The van der Waals surface area contributed by atoms with E-state index >= 15 is 0 Å². The van der Waals surface area contributed by atoms with Crippen LogP contribution in [0.15, 0.2) is 39.9 Å². The summed E-state index contributed by atoms with van der Waals surface area (Å²) < 4.78 is 11.6. The van der Waals surface area contributed by atoms with E-state index in [-0.39, 0.29) is 6.04 Å². The van der Waals surface area contributed by atoms with Crippen molar-refractivity contribution < 1.29 is 9.15 Å². The molecule has 0 amide bonds. The van der Waals surface area contributed by atoms with Crippen LogP contribution < -0.4 is 10.1 Å². The Morgan fingerprint density at radius 2 is 2.32 bits per heavy atom. The highest BCUT2D eigenvalue weighted by molar-refractivity contribution is 9.10. The minimum atomic E-state index is 0.0193. The topological polar surface area (TPSA) is 47.3 Å². The zero-order chi connectivity index (χ0) is 13.7. The number of ether oxygens (including phenoxy) is 1. The van der Waals surface area contributed by atoms with Crippen LogP contribution in [0, 0.1) is 0 Å². The summed E-state index contributed by atoms with van der Waals surface area (Å²) >= 11 is 3.41. The fraction of sp³-hybridized carbons (Fsp3) is 0.357. The molecule has 0 aliphatic rings. The van der Waals surface area contributed by atoms with Gasteiger partial charge in [-0.2, -0.15) is 0 Å². The average molecular weight is 325 g/mol. The molecule has 0 radical (unpaired) electrons. The number of nitrogens with one attached hydrogen (secondary N) is 1. The molecule has 1 N–H and O–H groups in total. The van der Waals surface area contributed by atoms with Gasteiger partial charge in [-0.1, -0.05) is 6.92 Å². The third kappa shape index (κ3) is 3.36. The van der Waals surface area contributed by atoms with Crippen LogP contribution in [0.25, 0.3) is 0 Å². The predicted octanol–water partition coefficient (Wildman–Crippen LogP) is 3.53. The lowest BCUT2D eigenvalue weighted by molar-refractivity contribution is 0.315. The molecule has 2 aromatic heterocycles. The first-order chi connectivity index (χ1) is 9.26. The smallest absolute Gasteiger partial charge is 0.174 e. The third-order valence-electron chi connectivity index (χ3n) is 2.79. The molecule has 5 heteroatoms. The van der Waals surface area contributed by atoms with Crippen molar-refractivity contribution in [2.75, 3.05) is 13.7 Å². The quantitative estimate of drug-likeness (QED) is 0.882. The molecular weight excluding hydrogens is 308 g/mol. The maximum Gasteiger partial charge on any atom is 0.174 e.